The van der Waals surface area contributed by atoms with E-state index in [9.17, 15) is 9.59 Å². The van der Waals surface area contributed by atoms with Gasteiger partial charge in [0, 0.05) is 5.69 Å². The smallest absolute Gasteiger partial charge is 0.283 e. The Bertz CT molecular complexity index is 1280. The number of hydrogen-bond acceptors (Lipinski definition) is 5. The zero-order valence-electron chi connectivity index (χ0n) is 17.1. The summed E-state index contributed by atoms with van der Waals surface area (Å²) >= 11 is 0. The molecule has 30 heavy (non-hydrogen) atoms. The molecule has 0 radical (unpaired) electrons. The summed E-state index contributed by atoms with van der Waals surface area (Å²) in [6, 6.07) is 13.7. The van der Waals surface area contributed by atoms with Crippen molar-refractivity contribution in [3.8, 4) is 0 Å². The van der Waals surface area contributed by atoms with E-state index in [0.29, 0.717) is 12.2 Å². The summed E-state index contributed by atoms with van der Waals surface area (Å²) < 4.78 is 2.85. The molecule has 8 heteroatoms. The highest BCUT2D eigenvalue weighted by Gasteiger charge is 2.15. The number of hydrogen-bond donors (Lipinski definition) is 1. The van der Waals surface area contributed by atoms with E-state index in [1.54, 1.807) is 4.68 Å². The predicted octanol–water partition coefficient (Wildman–Crippen LogP) is 2.60. The van der Waals surface area contributed by atoms with Gasteiger partial charge in [-0.25, -0.2) is 9.67 Å². The minimum absolute atomic E-state index is 0.144. The van der Waals surface area contributed by atoms with Gasteiger partial charge in [-0.2, -0.15) is 0 Å². The number of anilines is 1. The lowest BCUT2D eigenvalue weighted by Gasteiger charge is -2.12. The van der Waals surface area contributed by atoms with E-state index in [1.165, 1.54) is 10.9 Å². The molecule has 0 spiro atoms. The molecule has 0 saturated carbocycles. The van der Waals surface area contributed by atoms with E-state index >= 15 is 0 Å². The van der Waals surface area contributed by atoms with E-state index in [1.807, 2.05) is 63.2 Å². The van der Waals surface area contributed by atoms with Crippen LogP contribution in [0.1, 0.15) is 22.3 Å². The highest BCUT2D eigenvalue weighted by Crippen LogP contribution is 2.19. The number of nitrogens with zero attached hydrogens (tertiary/aromatic N) is 5. The topological polar surface area (TPSA) is 94.7 Å². The molecule has 152 valence electrons. The molecule has 0 aliphatic carbocycles. The van der Waals surface area contributed by atoms with Crippen molar-refractivity contribution in [2.45, 2.75) is 33.9 Å². The van der Waals surface area contributed by atoms with Crippen LogP contribution in [0.15, 0.2) is 53.6 Å². The van der Waals surface area contributed by atoms with Gasteiger partial charge in [-0.05, 0) is 43.0 Å². The number of para-hydroxylation sites is 1. The van der Waals surface area contributed by atoms with Crippen molar-refractivity contribution in [2.24, 2.45) is 0 Å². The fraction of sp³-hybridized carbons (Fsp3) is 0.227. The molecule has 0 aliphatic heterocycles. The second-order valence-electron chi connectivity index (χ2n) is 7.34. The Morgan fingerprint density at radius 2 is 1.70 bits per heavy atom. The monoisotopic (exact) mass is 402 g/mol. The summed E-state index contributed by atoms with van der Waals surface area (Å²) in [4.78, 5) is 29.7. The third-order valence-corrected chi connectivity index (χ3v) is 5.13. The van der Waals surface area contributed by atoms with Crippen molar-refractivity contribution in [3.63, 3.8) is 0 Å². The Morgan fingerprint density at radius 1 is 1.00 bits per heavy atom. The third-order valence-electron chi connectivity index (χ3n) is 5.13. The Labute approximate surface area is 173 Å². The number of rotatable bonds is 5. The zero-order chi connectivity index (χ0) is 21.3. The quantitative estimate of drug-likeness (QED) is 0.554. The summed E-state index contributed by atoms with van der Waals surface area (Å²) in [5, 5.41) is 11.0. The van der Waals surface area contributed by atoms with Gasteiger partial charge in [-0.15, -0.1) is 5.10 Å². The summed E-state index contributed by atoms with van der Waals surface area (Å²) in [6.07, 6.45) is 1.37. The van der Waals surface area contributed by atoms with Crippen LogP contribution in [0, 0.1) is 20.8 Å². The molecule has 2 aromatic carbocycles. The fourth-order valence-electron chi connectivity index (χ4n) is 3.40. The van der Waals surface area contributed by atoms with Crippen LogP contribution in [0.2, 0.25) is 0 Å². The Hall–Kier alpha value is -3.81. The number of fused-ring (bicyclic) bond motifs is 1. The van der Waals surface area contributed by atoms with E-state index in [0.717, 1.165) is 27.9 Å². The molecule has 2 heterocycles. The molecule has 0 aliphatic rings. The van der Waals surface area contributed by atoms with E-state index in [2.05, 4.69) is 20.6 Å². The minimum atomic E-state index is -0.396. The standard InChI is InChI=1S/C22H22N6O2/c1-14-7-4-5-10-17(14)11-28-21-20(25-26-28)22(30)27(13-23-21)12-18(29)24-19-15(2)8-6-9-16(19)3/h4-10,13H,11-12H2,1-3H3,(H,24,29). The van der Waals surface area contributed by atoms with E-state index in [4.69, 9.17) is 0 Å². The molecule has 0 saturated heterocycles. The number of nitrogens with one attached hydrogen (secondary N) is 1. The third kappa shape index (κ3) is 3.71. The van der Waals surface area contributed by atoms with Crippen LogP contribution in [-0.2, 0) is 17.9 Å². The van der Waals surface area contributed by atoms with Gasteiger partial charge in [0.1, 0.15) is 12.9 Å². The van der Waals surface area contributed by atoms with Gasteiger partial charge in [0.15, 0.2) is 11.2 Å². The maximum Gasteiger partial charge on any atom is 0.283 e. The molecular formula is C22H22N6O2. The lowest BCUT2D eigenvalue weighted by Crippen LogP contribution is -2.28. The van der Waals surface area contributed by atoms with Crippen LogP contribution in [0.5, 0.6) is 0 Å². The number of carbonyl (C=O) groups is 1. The first kappa shape index (κ1) is 19.5. The number of aryl methyl sites for hydroxylation is 3. The van der Waals surface area contributed by atoms with Crippen LogP contribution in [0.25, 0.3) is 11.2 Å². The highest BCUT2D eigenvalue weighted by molar-refractivity contribution is 5.92. The van der Waals surface area contributed by atoms with Crippen molar-refractivity contribution in [1.82, 2.24) is 24.5 Å². The largest absolute Gasteiger partial charge is 0.324 e. The first-order valence-corrected chi connectivity index (χ1v) is 9.63. The number of aromatic nitrogens is 5. The summed E-state index contributed by atoms with van der Waals surface area (Å²) in [5.74, 6) is -0.303. The maximum absolute atomic E-state index is 12.8. The molecule has 1 N–H and O–H groups in total. The predicted molar refractivity (Wildman–Crippen MR) is 114 cm³/mol. The van der Waals surface area contributed by atoms with Crippen LogP contribution in [0.3, 0.4) is 0 Å². The minimum Gasteiger partial charge on any atom is -0.324 e. The first-order chi connectivity index (χ1) is 14.4. The average molecular weight is 402 g/mol. The van der Waals surface area contributed by atoms with Gasteiger partial charge in [0.05, 0.1) is 6.54 Å². The van der Waals surface area contributed by atoms with Crippen LogP contribution >= 0.6 is 0 Å². The molecule has 4 aromatic rings. The summed E-state index contributed by atoms with van der Waals surface area (Å²) in [5.41, 5.74) is 5.02. The zero-order valence-corrected chi connectivity index (χ0v) is 17.1. The lowest BCUT2D eigenvalue weighted by atomic mass is 10.1. The lowest BCUT2D eigenvalue weighted by molar-refractivity contribution is -0.116. The fourth-order valence-corrected chi connectivity index (χ4v) is 3.40. The van der Waals surface area contributed by atoms with Crippen molar-refractivity contribution in [1.29, 1.82) is 0 Å². The summed E-state index contributed by atoms with van der Waals surface area (Å²) in [6.45, 7) is 6.18. The maximum atomic E-state index is 12.8. The Kier molecular flexibility index (Phi) is 5.14. The van der Waals surface area contributed by atoms with Gasteiger partial charge < -0.3 is 5.32 Å². The van der Waals surface area contributed by atoms with E-state index in [-0.39, 0.29) is 18.0 Å². The average Bonchev–Trinajstić information content (AvgIpc) is 3.12. The van der Waals surface area contributed by atoms with Crippen LogP contribution in [0.4, 0.5) is 5.69 Å². The highest BCUT2D eigenvalue weighted by atomic mass is 16.2. The molecule has 2 aromatic heterocycles. The number of amides is 1. The molecule has 8 nitrogen and oxygen atoms in total. The van der Waals surface area contributed by atoms with Gasteiger partial charge in [0.25, 0.3) is 5.56 Å². The van der Waals surface area contributed by atoms with Crippen LogP contribution < -0.4 is 10.9 Å². The second-order valence-corrected chi connectivity index (χ2v) is 7.34. The normalized spacial score (nSPS) is 11.0. The molecule has 0 fully saturated rings. The van der Waals surface area contributed by atoms with Crippen molar-refractivity contribution in [3.05, 3.63) is 81.4 Å². The number of carbonyl (C=O) groups excluding carboxylic acids is 1. The molecule has 0 atom stereocenters. The molecule has 0 bridgehead atoms. The first-order valence-electron chi connectivity index (χ1n) is 9.63. The van der Waals surface area contributed by atoms with Gasteiger partial charge in [-0.1, -0.05) is 47.7 Å². The molecular weight excluding hydrogens is 380 g/mol. The second kappa shape index (κ2) is 7.90. The summed E-state index contributed by atoms with van der Waals surface area (Å²) in [7, 11) is 0. The SMILES string of the molecule is Cc1ccccc1Cn1nnc2c(=O)n(CC(=O)Nc3c(C)cccc3C)cnc21. The molecule has 0 unspecified atom stereocenters. The van der Waals surface area contributed by atoms with Gasteiger partial charge >= 0.3 is 0 Å². The Balaban J connectivity index is 1.58. The van der Waals surface area contributed by atoms with Crippen molar-refractivity contribution >= 4 is 22.8 Å². The van der Waals surface area contributed by atoms with Gasteiger partial charge in [-0.3, -0.25) is 14.2 Å². The Morgan fingerprint density at radius 3 is 2.43 bits per heavy atom. The van der Waals surface area contributed by atoms with Crippen molar-refractivity contribution in [2.75, 3.05) is 5.32 Å². The number of benzene rings is 2. The van der Waals surface area contributed by atoms with Crippen LogP contribution in [-0.4, -0.2) is 30.5 Å². The molecule has 1 amide bonds. The van der Waals surface area contributed by atoms with E-state index < -0.39 is 5.56 Å². The molecule has 4 rings (SSSR count). The van der Waals surface area contributed by atoms with Crippen molar-refractivity contribution < 1.29 is 4.79 Å². The van der Waals surface area contributed by atoms with Gasteiger partial charge in [0.2, 0.25) is 5.91 Å².